The van der Waals surface area contributed by atoms with Crippen LogP contribution in [-0.4, -0.2) is 30.4 Å². The third-order valence-corrected chi connectivity index (χ3v) is 5.69. The first-order valence-corrected chi connectivity index (χ1v) is 10.2. The molecule has 2 aromatic carbocycles. The van der Waals surface area contributed by atoms with Crippen LogP contribution in [0.5, 0.6) is 5.75 Å². The number of esters is 1. The molecule has 0 fully saturated rings. The van der Waals surface area contributed by atoms with E-state index in [9.17, 15) is 9.18 Å². The van der Waals surface area contributed by atoms with E-state index in [-0.39, 0.29) is 17.8 Å². The number of hydrogen-bond donors (Lipinski definition) is 0. The van der Waals surface area contributed by atoms with Crippen molar-refractivity contribution >= 4 is 11.7 Å². The van der Waals surface area contributed by atoms with Crippen molar-refractivity contribution in [3.8, 4) is 5.75 Å². The van der Waals surface area contributed by atoms with Gasteiger partial charge in [-0.1, -0.05) is 12.1 Å². The number of rotatable bonds is 5. The quantitative estimate of drug-likeness (QED) is 0.535. The lowest BCUT2D eigenvalue weighted by molar-refractivity contribution is -0.137. The zero-order chi connectivity index (χ0) is 21.3. The van der Waals surface area contributed by atoms with Gasteiger partial charge in [-0.15, -0.1) is 0 Å². The fourth-order valence-electron chi connectivity index (χ4n) is 4.37. The lowest BCUT2D eigenvalue weighted by Crippen LogP contribution is -2.28. The van der Waals surface area contributed by atoms with Crippen LogP contribution in [0.1, 0.15) is 43.0 Å². The summed E-state index contributed by atoms with van der Waals surface area (Å²) in [6, 6.07) is 12.5. The molecule has 0 radical (unpaired) electrons. The number of carbonyl (C=O) groups excluding carboxylic acids is 1. The van der Waals surface area contributed by atoms with Crippen molar-refractivity contribution in [3.63, 3.8) is 0 Å². The highest BCUT2D eigenvalue weighted by Gasteiger charge is 2.42. The molecule has 156 valence electrons. The number of halogens is 1. The van der Waals surface area contributed by atoms with E-state index < -0.39 is 5.97 Å². The highest BCUT2D eigenvalue weighted by molar-refractivity contribution is 6.06. The van der Waals surface area contributed by atoms with Crippen molar-refractivity contribution in [1.82, 2.24) is 5.01 Å². The first-order valence-electron chi connectivity index (χ1n) is 10.2. The molecule has 0 amide bonds. The molecule has 2 aromatic rings. The van der Waals surface area contributed by atoms with Crippen molar-refractivity contribution in [2.75, 3.05) is 13.7 Å². The lowest BCUT2D eigenvalue weighted by atomic mass is 9.77. The normalized spacial score (nSPS) is 20.3. The Bertz CT molecular complexity index is 1030. The monoisotopic (exact) mass is 408 g/mol. The van der Waals surface area contributed by atoms with Crippen LogP contribution in [0.25, 0.3) is 0 Å². The van der Waals surface area contributed by atoms with Gasteiger partial charge in [-0.25, -0.2) is 9.18 Å². The molecule has 0 saturated carbocycles. The van der Waals surface area contributed by atoms with Crippen molar-refractivity contribution in [2.24, 2.45) is 11.0 Å². The maximum Gasteiger partial charge on any atom is 0.332 e. The minimum absolute atomic E-state index is 0.0956. The molecular formula is C24H25FN2O3. The minimum atomic E-state index is -0.409. The topological polar surface area (TPSA) is 51.1 Å². The summed E-state index contributed by atoms with van der Waals surface area (Å²) in [6.45, 7) is 3.91. The van der Waals surface area contributed by atoms with E-state index in [1.807, 2.05) is 30.1 Å². The third-order valence-electron chi connectivity index (χ3n) is 5.69. The average Bonchev–Trinajstić information content (AvgIpc) is 3.13. The van der Waals surface area contributed by atoms with Gasteiger partial charge in [0.1, 0.15) is 11.6 Å². The van der Waals surface area contributed by atoms with Crippen LogP contribution >= 0.6 is 0 Å². The summed E-state index contributed by atoms with van der Waals surface area (Å²) >= 11 is 0. The predicted octanol–water partition coefficient (Wildman–Crippen LogP) is 4.62. The second kappa shape index (κ2) is 8.30. The Balaban J connectivity index is 1.78. The molecule has 2 atom stereocenters. The van der Waals surface area contributed by atoms with Crippen molar-refractivity contribution in [1.29, 1.82) is 0 Å². The number of hydrazone groups is 1. The largest absolute Gasteiger partial charge is 0.497 e. The molecule has 0 spiro atoms. The van der Waals surface area contributed by atoms with Gasteiger partial charge in [0.15, 0.2) is 0 Å². The molecule has 2 unspecified atom stereocenters. The Morgan fingerprint density at radius 3 is 2.87 bits per heavy atom. The number of hydrogen-bond acceptors (Lipinski definition) is 5. The second-order valence-corrected chi connectivity index (χ2v) is 7.54. The van der Waals surface area contributed by atoms with Crippen LogP contribution in [0.15, 0.2) is 59.3 Å². The number of benzene rings is 2. The highest BCUT2D eigenvalue weighted by atomic mass is 19.1. The molecule has 1 aliphatic heterocycles. The first-order chi connectivity index (χ1) is 14.5. The number of nitrogens with zero attached hydrogens (tertiary/aromatic N) is 2. The average molecular weight is 408 g/mol. The van der Waals surface area contributed by atoms with E-state index >= 15 is 0 Å². The van der Waals surface area contributed by atoms with Crippen LogP contribution in [0, 0.1) is 11.7 Å². The second-order valence-electron chi connectivity index (χ2n) is 7.54. The molecule has 0 aromatic heterocycles. The van der Waals surface area contributed by atoms with E-state index in [4.69, 9.17) is 14.6 Å². The SMILES string of the molecule is CCOC(=O)C=C(C)N1N=C2c3ccc(OC)cc3CCC2C1c1cccc(F)c1. The van der Waals surface area contributed by atoms with E-state index in [0.29, 0.717) is 12.3 Å². The van der Waals surface area contributed by atoms with Gasteiger partial charge in [0.2, 0.25) is 0 Å². The lowest BCUT2D eigenvalue weighted by Gasteiger charge is -2.31. The highest BCUT2D eigenvalue weighted by Crippen LogP contribution is 2.45. The molecule has 0 saturated heterocycles. The number of ether oxygens (including phenoxy) is 2. The molecule has 1 aliphatic carbocycles. The van der Waals surface area contributed by atoms with E-state index in [0.717, 1.165) is 35.4 Å². The van der Waals surface area contributed by atoms with Crippen LogP contribution in [0.3, 0.4) is 0 Å². The van der Waals surface area contributed by atoms with Crippen LogP contribution in [-0.2, 0) is 16.0 Å². The summed E-state index contributed by atoms with van der Waals surface area (Å²) in [7, 11) is 1.66. The van der Waals surface area contributed by atoms with Gasteiger partial charge in [-0.05, 0) is 68.1 Å². The predicted molar refractivity (Wildman–Crippen MR) is 113 cm³/mol. The summed E-state index contributed by atoms with van der Waals surface area (Å²) in [6.07, 6.45) is 3.21. The zero-order valence-electron chi connectivity index (χ0n) is 17.4. The first kappa shape index (κ1) is 20.1. The summed E-state index contributed by atoms with van der Waals surface area (Å²) < 4.78 is 24.5. The number of aryl methyl sites for hydroxylation is 1. The maximum atomic E-state index is 14.0. The molecule has 6 heteroatoms. The van der Waals surface area contributed by atoms with Gasteiger partial charge in [0, 0.05) is 23.3 Å². The Kier molecular flexibility index (Phi) is 5.57. The summed E-state index contributed by atoms with van der Waals surface area (Å²) in [4.78, 5) is 12.0. The molecular weight excluding hydrogens is 383 g/mol. The van der Waals surface area contributed by atoms with E-state index in [1.54, 1.807) is 26.2 Å². The Labute approximate surface area is 175 Å². The zero-order valence-corrected chi connectivity index (χ0v) is 17.4. The molecule has 2 aliphatic rings. The van der Waals surface area contributed by atoms with Crippen LogP contribution in [0.2, 0.25) is 0 Å². The number of carbonyl (C=O) groups is 1. The van der Waals surface area contributed by atoms with Crippen molar-refractivity contribution in [2.45, 2.75) is 32.7 Å². The van der Waals surface area contributed by atoms with Crippen LogP contribution in [0.4, 0.5) is 4.39 Å². The maximum absolute atomic E-state index is 14.0. The Hall–Kier alpha value is -3.15. The number of fused-ring (bicyclic) bond motifs is 3. The van der Waals surface area contributed by atoms with Gasteiger partial charge in [-0.3, -0.25) is 5.01 Å². The summed E-state index contributed by atoms with van der Waals surface area (Å²) in [5, 5.41) is 6.76. The van der Waals surface area contributed by atoms with Gasteiger partial charge >= 0.3 is 5.97 Å². The standard InChI is InChI=1S/C24H25FN2O3/c1-4-30-22(28)12-15(2)27-24(17-6-5-7-18(25)13-17)21-10-8-16-14-19(29-3)9-11-20(16)23(21)26-27/h5-7,9,11-14,21,24H,4,8,10H2,1-3H3. The molecule has 30 heavy (non-hydrogen) atoms. The fraction of sp³-hybridized carbons (Fsp3) is 0.333. The van der Waals surface area contributed by atoms with Gasteiger partial charge in [-0.2, -0.15) is 5.10 Å². The van der Waals surface area contributed by atoms with Crippen molar-refractivity contribution in [3.05, 3.63) is 76.7 Å². The third kappa shape index (κ3) is 3.70. The Morgan fingerprint density at radius 2 is 2.13 bits per heavy atom. The smallest absolute Gasteiger partial charge is 0.332 e. The summed E-state index contributed by atoms with van der Waals surface area (Å²) in [5.41, 5.74) is 4.74. The number of allylic oxidation sites excluding steroid dienone is 1. The fourth-order valence-corrected chi connectivity index (χ4v) is 4.37. The van der Waals surface area contributed by atoms with Crippen molar-refractivity contribution < 1.29 is 18.7 Å². The minimum Gasteiger partial charge on any atom is -0.497 e. The Morgan fingerprint density at radius 1 is 1.30 bits per heavy atom. The van der Waals surface area contributed by atoms with Gasteiger partial charge < -0.3 is 9.47 Å². The molecule has 0 bridgehead atoms. The molecule has 4 rings (SSSR count). The molecule has 1 heterocycles. The van der Waals surface area contributed by atoms with Gasteiger partial charge in [0.25, 0.3) is 0 Å². The number of methoxy groups -OCH3 is 1. The van der Waals surface area contributed by atoms with Gasteiger partial charge in [0.05, 0.1) is 25.5 Å². The molecule has 5 nitrogen and oxygen atoms in total. The van der Waals surface area contributed by atoms with Crippen LogP contribution < -0.4 is 4.74 Å². The molecule has 0 N–H and O–H groups in total. The van der Waals surface area contributed by atoms with E-state index in [2.05, 4.69) is 6.07 Å². The summed E-state index contributed by atoms with van der Waals surface area (Å²) in [5.74, 6) is 0.225. The van der Waals surface area contributed by atoms with E-state index in [1.165, 1.54) is 17.7 Å².